The Kier molecular flexibility index (Phi) is 6.31. The van der Waals surface area contributed by atoms with E-state index in [1.807, 2.05) is 38.1 Å². The van der Waals surface area contributed by atoms with E-state index in [2.05, 4.69) is 16.8 Å². The van der Waals surface area contributed by atoms with E-state index < -0.39 is 0 Å². The van der Waals surface area contributed by atoms with Crippen LogP contribution in [0.15, 0.2) is 36.4 Å². The topological polar surface area (TPSA) is 53.4 Å². The number of rotatable bonds is 7. The van der Waals surface area contributed by atoms with Crippen LogP contribution in [0.3, 0.4) is 0 Å². The molecule has 1 atom stereocenters. The third kappa shape index (κ3) is 4.45. The van der Waals surface area contributed by atoms with Crippen LogP contribution >= 0.6 is 0 Å². The van der Waals surface area contributed by atoms with Crippen LogP contribution in [0.4, 0.5) is 0 Å². The highest BCUT2D eigenvalue weighted by Crippen LogP contribution is 2.34. The Balaban J connectivity index is 1.78. The monoisotopic (exact) mass is 356 g/mol. The molecule has 1 saturated carbocycles. The number of nitrogens with zero attached hydrogens (tertiary/aromatic N) is 2. The van der Waals surface area contributed by atoms with E-state index in [1.54, 1.807) is 0 Å². The van der Waals surface area contributed by atoms with Gasteiger partial charge in [-0.1, -0.05) is 49.6 Å². The van der Waals surface area contributed by atoms with E-state index in [0.717, 1.165) is 24.1 Å². The number of benzene rings is 1. The first-order valence-corrected chi connectivity index (χ1v) is 9.63. The SMILES string of the molecule is CCOC(=O)C(C)COc1cc(-c2ccccc2)n(C2CCCCC2)n1. The fourth-order valence-corrected chi connectivity index (χ4v) is 3.43. The lowest BCUT2D eigenvalue weighted by Crippen LogP contribution is -2.21. The van der Waals surface area contributed by atoms with Crippen molar-refractivity contribution in [2.75, 3.05) is 13.2 Å². The number of ether oxygens (including phenoxy) is 2. The average Bonchev–Trinajstić information content (AvgIpc) is 3.12. The summed E-state index contributed by atoms with van der Waals surface area (Å²) in [7, 11) is 0. The number of carbonyl (C=O) groups excluding carboxylic acids is 1. The predicted octanol–water partition coefficient (Wildman–Crippen LogP) is 4.63. The van der Waals surface area contributed by atoms with Gasteiger partial charge in [0.1, 0.15) is 6.61 Å². The Hall–Kier alpha value is -2.30. The molecule has 1 aromatic carbocycles. The zero-order valence-electron chi connectivity index (χ0n) is 15.7. The molecule has 0 spiro atoms. The maximum atomic E-state index is 11.8. The lowest BCUT2D eigenvalue weighted by atomic mass is 9.95. The standard InChI is InChI=1S/C21H28N2O3/c1-3-25-21(24)16(2)15-26-20-14-19(17-10-6-4-7-11-17)23(22-20)18-12-8-5-9-13-18/h4,6-7,10-11,14,16,18H,3,5,8-9,12-13,15H2,1-2H3. The summed E-state index contributed by atoms with van der Waals surface area (Å²) in [5.74, 6) is 0.0306. The van der Waals surface area contributed by atoms with Crippen molar-refractivity contribution in [3.05, 3.63) is 36.4 Å². The molecule has 1 unspecified atom stereocenters. The molecule has 5 nitrogen and oxygen atoms in total. The highest BCUT2D eigenvalue weighted by Gasteiger charge is 2.22. The summed E-state index contributed by atoms with van der Waals surface area (Å²) in [6, 6.07) is 12.7. The van der Waals surface area contributed by atoms with E-state index in [4.69, 9.17) is 14.6 Å². The van der Waals surface area contributed by atoms with E-state index in [0.29, 0.717) is 18.5 Å². The van der Waals surface area contributed by atoms with Gasteiger partial charge in [-0.2, -0.15) is 0 Å². The van der Waals surface area contributed by atoms with Gasteiger partial charge in [0.2, 0.25) is 5.88 Å². The van der Waals surface area contributed by atoms with Gasteiger partial charge in [-0.05, 0) is 32.3 Å². The molecular weight excluding hydrogens is 328 g/mol. The second-order valence-corrected chi connectivity index (χ2v) is 6.93. The minimum Gasteiger partial charge on any atom is -0.476 e. The van der Waals surface area contributed by atoms with Gasteiger partial charge in [-0.25, -0.2) is 0 Å². The van der Waals surface area contributed by atoms with Gasteiger partial charge in [0.05, 0.1) is 24.3 Å². The Labute approximate surface area is 155 Å². The van der Waals surface area contributed by atoms with Crippen molar-refractivity contribution in [2.24, 2.45) is 5.92 Å². The normalized spacial score (nSPS) is 16.2. The summed E-state index contributed by atoms with van der Waals surface area (Å²) >= 11 is 0. The number of esters is 1. The third-order valence-electron chi connectivity index (χ3n) is 4.87. The second-order valence-electron chi connectivity index (χ2n) is 6.93. The maximum Gasteiger partial charge on any atom is 0.312 e. The zero-order chi connectivity index (χ0) is 18.4. The zero-order valence-corrected chi connectivity index (χ0v) is 15.7. The molecule has 0 aliphatic heterocycles. The Morgan fingerprint density at radius 3 is 2.65 bits per heavy atom. The highest BCUT2D eigenvalue weighted by molar-refractivity contribution is 5.72. The molecular formula is C21H28N2O3. The molecule has 140 valence electrons. The smallest absolute Gasteiger partial charge is 0.312 e. The highest BCUT2D eigenvalue weighted by atomic mass is 16.5. The van der Waals surface area contributed by atoms with Crippen LogP contribution in [0.25, 0.3) is 11.3 Å². The summed E-state index contributed by atoms with van der Waals surface area (Å²) < 4.78 is 13.0. The van der Waals surface area contributed by atoms with Crippen molar-refractivity contribution in [2.45, 2.75) is 52.0 Å². The van der Waals surface area contributed by atoms with Crippen molar-refractivity contribution in [1.82, 2.24) is 9.78 Å². The largest absolute Gasteiger partial charge is 0.476 e. The van der Waals surface area contributed by atoms with Crippen LogP contribution < -0.4 is 4.74 Å². The summed E-state index contributed by atoms with van der Waals surface area (Å²) in [5, 5.41) is 4.73. The van der Waals surface area contributed by atoms with Crippen LogP contribution in [0.2, 0.25) is 0 Å². The molecule has 0 saturated heterocycles. The van der Waals surface area contributed by atoms with Crippen molar-refractivity contribution in [3.63, 3.8) is 0 Å². The Morgan fingerprint density at radius 1 is 1.23 bits per heavy atom. The molecule has 5 heteroatoms. The van der Waals surface area contributed by atoms with E-state index >= 15 is 0 Å². The van der Waals surface area contributed by atoms with E-state index in [9.17, 15) is 4.79 Å². The first kappa shape index (κ1) is 18.5. The molecule has 26 heavy (non-hydrogen) atoms. The molecule has 0 radical (unpaired) electrons. The molecule has 1 aliphatic rings. The van der Waals surface area contributed by atoms with Gasteiger partial charge in [-0.15, -0.1) is 5.10 Å². The molecule has 1 aromatic heterocycles. The van der Waals surface area contributed by atoms with Gasteiger partial charge in [0.15, 0.2) is 0 Å². The van der Waals surface area contributed by atoms with Gasteiger partial charge >= 0.3 is 5.97 Å². The van der Waals surface area contributed by atoms with Crippen LogP contribution in [-0.4, -0.2) is 29.0 Å². The summed E-state index contributed by atoms with van der Waals surface area (Å²) in [6.45, 7) is 4.28. The van der Waals surface area contributed by atoms with E-state index in [1.165, 1.54) is 19.3 Å². The predicted molar refractivity (Wildman–Crippen MR) is 101 cm³/mol. The van der Waals surface area contributed by atoms with Gasteiger partial charge in [0.25, 0.3) is 0 Å². The summed E-state index contributed by atoms with van der Waals surface area (Å²) in [4.78, 5) is 11.8. The lowest BCUT2D eigenvalue weighted by molar-refractivity contribution is -0.148. The van der Waals surface area contributed by atoms with Crippen LogP contribution in [-0.2, 0) is 9.53 Å². The van der Waals surface area contributed by atoms with Gasteiger partial charge in [0, 0.05) is 6.07 Å². The molecule has 0 N–H and O–H groups in total. The molecule has 1 fully saturated rings. The number of carbonyl (C=O) groups is 1. The average molecular weight is 356 g/mol. The third-order valence-corrected chi connectivity index (χ3v) is 4.87. The number of hydrogen-bond donors (Lipinski definition) is 0. The van der Waals surface area contributed by atoms with Gasteiger partial charge in [-0.3, -0.25) is 9.48 Å². The minimum atomic E-state index is -0.310. The molecule has 1 heterocycles. The van der Waals surface area contributed by atoms with Crippen molar-refractivity contribution in [3.8, 4) is 17.1 Å². The Bertz CT molecular complexity index is 705. The van der Waals surface area contributed by atoms with Crippen LogP contribution in [0.5, 0.6) is 5.88 Å². The summed E-state index contributed by atoms with van der Waals surface area (Å²) in [5.41, 5.74) is 2.22. The molecule has 0 amide bonds. The lowest BCUT2D eigenvalue weighted by Gasteiger charge is -2.23. The quantitative estimate of drug-likeness (QED) is 0.679. The van der Waals surface area contributed by atoms with Crippen molar-refractivity contribution >= 4 is 5.97 Å². The first-order valence-electron chi connectivity index (χ1n) is 9.63. The van der Waals surface area contributed by atoms with Crippen LogP contribution in [0.1, 0.15) is 52.0 Å². The van der Waals surface area contributed by atoms with E-state index in [-0.39, 0.29) is 18.5 Å². The van der Waals surface area contributed by atoms with Crippen molar-refractivity contribution < 1.29 is 14.3 Å². The van der Waals surface area contributed by atoms with Gasteiger partial charge < -0.3 is 9.47 Å². The second kappa shape index (κ2) is 8.88. The summed E-state index contributed by atoms with van der Waals surface area (Å²) in [6.07, 6.45) is 6.10. The van der Waals surface area contributed by atoms with Crippen LogP contribution in [0, 0.1) is 5.92 Å². The molecule has 2 aromatic rings. The number of aromatic nitrogens is 2. The maximum absolute atomic E-state index is 11.8. The molecule has 3 rings (SSSR count). The Morgan fingerprint density at radius 2 is 1.96 bits per heavy atom. The molecule has 0 bridgehead atoms. The molecule has 1 aliphatic carbocycles. The fourth-order valence-electron chi connectivity index (χ4n) is 3.43. The minimum absolute atomic E-state index is 0.234. The fraction of sp³-hybridized carbons (Fsp3) is 0.524. The first-order chi connectivity index (χ1) is 12.7. The number of hydrogen-bond acceptors (Lipinski definition) is 4. The van der Waals surface area contributed by atoms with Crippen molar-refractivity contribution in [1.29, 1.82) is 0 Å².